The van der Waals surface area contributed by atoms with Crippen molar-refractivity contribution in [3.05, 3.63) is 64.4 Å². The summed E-state index contributed by atoms with van der Waals surface area (Å²) in [5, 5.41) is 3.56. The fraction of sp³-hybridized carbons (Fsp3) is 0.200. The van der Waals surface area contributed by atoms with Crippen LogP contribution in [0.1, 0.15) is 17.2 Å². The molecule has 2 aromatic rings. The van der Waals surface area contributed by atoms with Crippen molar-refractivity contribution in [2.75, 3.05) is 11.9 Å². The summed E-state index contributed by atoms with van der Waals surface area (Å²) in [6.45, 7) is 2.44. The zero-order valence-corrected chi connectivity index (χ0v) is 11.4. The van der Waals surface area contributed by atoms with Crippen molar-refractivity contribution in [2.45, 2.75) is 13.0 Å². The van der Waals surface area contributed by atoms with E-state index in [9.17, 15) is 4.39 Å². The van der Waals surface area contributed by atoms with Crippen molar-refractivity contribution < 1.29 is 4.39 Å². The van der Waals surface area contributed by atoms with E-state index in [0.717, 1.165) is 5.56 Å². The van der Waals surface area contributed by atoms with Gasteiger partial charge >= 0.3 is 0 Å². The van der Waals surface area contributed by atoms with E-state index in [-0.39, 0.29) is 11.9 Å². The number of rotatable bonds is 4. The first-order valence-electron chi connectivity index (χ1n) is 6.08. The summed E-state index contributed by atoms with van der Waals surface area (Å²) in [5.41, 5.74) is 8.66. The topological polar surface area (TPSA) is 38.0 Å². The molecule has 2 aromatic carbocycles. The maximum atomic E-state index is 13.3. The summed E-state index contributed by atoms with van der Waals surface area (Å²) in [6.07, 6.45) is 0. The minimum Gasteiger partial charge on any atom is -0.377 e. The van der Waals surface area contributed by atoms with E-state index in [1.165, 1.54) is 17.7 Å². The first-order chi connectivity index (χ1) is 9.08. The number of nitrogens with one attached hydrogen (secondary N) is 1. The molecule has 0 bridgehead atoms. The number of aryl methyl sites for hydroxylation is 1. The van der Waals surface area contributed by atoms with Gasteiger partial charge in [0.05, 0.1) is 6.04 Å². The first-order valence-corrected chi connectivity index (χ1v) is 6.45. The molecule has 0 radical (unpaired) electrons. The molecule has 1 unspecified atom stereocenters. The number of halogens is 2. The molecule has 2 rings (SSSR count). The third-order valence-electron chi connectivity index (χ3n) is 2.92. The molecule has 0 spiro atoms. The first kappa shape index (κ1) is 13.8. The molecule has 0 saturated heterocycles. The second kappa shape index (κ2) is 6.04. The molecule has 4 heteroatoms. The van der Waals surface area contributed by atoms with Crippen molar-refractivity contribution in [1.82, 2.24) is 0 Å². The molecule has 0 heterocycles. The quantitative estimate of drug-likeness (QED) is 0.890. The van der Waals surface area contributed by atoms with Gasteiger partial charge in [0.2, 0.25) is 0 Å². The molecule has 3 N–H and O–H groups in total. The Morgan fingerprint density at radius 3 is 2.47 bits per heavy atom. The highest BCUT2D eigenvalue weighted by molar-refractivity contribution is 6.30. The molecular weight excluding hydrogens is 263 g/mol. The van der Waals surface area contributed by atoms with Gasteiger partial charge in [-0.2, -0.15) is 0 Å². The van der Waals surface area contributed by atoms with Crippen molar-refractivity contribution >= 4 is 17.3 Å². The maximum Gasteiger partial charge on any atom is 0.126 e. The van der Waals surface area contributed by atoms with Gasteiger partial charge in [-0.25, -0.2) is 4.39 Å². The van der Waals surface area contributed by atoms with E-state index in [4.69, 9.17) is 17.3 Å². The summed E-state index contributed by atoms with van der Waals surface area (Å²) in [4.78, 5) is 0. The molecule has 0 aliphatic carbocycles. The third-order valence-corrected chi connectivity index (χ3v) is 3.14. The zero-order chi connectivity index (χ0) is 13.8. The molecule has 1 atom stereocenters. The van der Waals surface area contributed by atoms with Gasteiger partial charge in [-0.15, -0.1) is 0 Å². The maximum absolute atomic E-state index is 13.3. The van der Waals surface area contributed by atoms with Crippen LogP contribution in [0.5, 0.6) is 0 Å². The highest BCUT2D eigenvalue weighted by Crippen LogP contribution is 2.23. The largest absolute Gasteiger partial charge is 0.377 e. The van der Waals surface area contributed by atoms with E-state index >= 15 is 0 Å². The molecule has 0 fully saturated rings. The smallest absolute Gasteiger partial charge is 0.126 e. The van der Waals surface area contributed by atoms with Crippen LogP contribution in [0.25, 0.3) is 0 Å². The average Bonchev–Trinajstić information content (AvgIpc) is 2.36. The molecule has 0 amide bonds. The second-order valence-corrected chi connectivity index (χ2v) is 4.94. The predicted molar refractivity (Wildman–Crippen MR) is 78.0 cm³/mol. The van der Waals surface area contributed by atoms with Crippen LogP contribution in [0.4, 0.5) is 10.1 Å². The van der Waals surface area contributed by atoms with E-state index in [1.54, 1.807) is 6.07 Å². The second-order valence-electron chi connectivity index (χ2n) is 4.50. The highest BCUT2D eigenvalue weighted by atomic mass is 35.5. The third kappa shape index (κ3) is 3.69. The van der Waals surface area contributed by atoms with Crippen LogP contribution in [0.15, 0.2) is 42.5 Å². The lowest BCUT2D eigenvalue weighted by molar-refractivity contribution is 0.627. The van der Waals surface area contributed by atoms with Gasteiger partial charge in [0.15, 0.2) is 0 Å². The number of hydrogen-bond acceptors (Lipinski definition) is 2. The molecular formula is C15H16ClFN2. The molecule has 0 aliphatic rings. The predicted octanol–water partition coefficient (Wildman–Crippen LogP) is 3.90. The van der Waals surface area contributed by atoms with Crippen LogP contribution in [-0.4, -0.2) is 6.54 Å². The normalized spacial score (nSPS) is 12.2. The number of hydrogen-bond donors (Lipinski definition) is 2. The summed E-state index contributed by atoms with van der Waals surface area (Å²) in [7, 11) is 0. The van der Waals surface area contributed by atoms with Gasteiger partial charge in [-0.3, -0.25) is 0 Å². The van der Waals surface area contributed by atoms with E-state index in [1.807, 2.05) is 31.2 Å². The van der Waals surface area contributed by atoms with Gasteiger partial charge in [0.1, 0.15) is 5.82 Å². The Kier molecular flexibility index (Phi) is 4.40. The summed E-state index contributed by atoms with van der Waals surface area (Å²) < 4.78 is 13.3. The van der Waals surface area contributed by atoms with Crippen molar-refractivity contribution in [1.29, 1.82) is 0 Å². The van der Waals surface area contributed by atoms with E-state index < -0.39 is 0 Å². The van der Waals surface area contributed by atoms with Gasteiger partial charge in [0.25, 0.3) is 0 Å². The summed E-state index contributed by atoms with van der Waals surface area (Å²) in [6, 6.07) is 12.4. The molecule has 100 valence electrons. The van der Waals surface area contributed by atoms with Gasteiger partial charge < -0.3 is 11.1 Å². The Hall–Kier alpha value is -1.58. The van der Waals surface area contributed by atoms with Crippen molar-refractivity contribution in [2.24, 2.45) is 5.73 Å². The van der Waals surface area contributed by atoms with Crippen LogP contribution < -0.4 is 11.1 Å². The van der Waals surface area contributed by atoms with E-state index in [0.29, 0.717) is 17.3 Å². The Bertz CT molecular complexity index is 534. The lowest BCUT2D eigenvalue weighted by Gasteiger charge is -2.19. The van der Waals surface area contributed by atoms with Crippen LogP contribution in [-0.2, 0) is 0 Å². The Labute approximate surface area is 117 Å². The minimum atomic E-state index is -0.366. The van der Waals surface area contributed by atoms with Crippen LogP contribution in [0.2, 0.25) is 5.02 Å². The Balaban J connectivity index is 2.21. The lowest BCUT2D eigenvalue weighted by atomic mass is 10.0. The van der Waals surface area contributed by atoms with Gasteiger partial charge in [-0.05, 0) is 30.7 Å². The molecule has 0 aromatic heterocycles. The SMILES string of the molecule is Cc1ccc(C(CN)Nc2cc(F)cc(Cl)c2)cc1. The monoisotopic (exact) mass is 278 g/mol. The Morgan fingerprint density at radius 1 is 1.21 bits per heavy atom. The molecule has 0 saturated carbocycles. The standard InChI is InChI=1S/C15H16ClFN2/c1-10-2-4-11(5-3-10)15(9-18)19-14-7-12(16)6-13(17)8-14/h2-8,15,19H,9,18H2,1H3. The van der Waals surface area contributed by atoms with Crippen molar-refractivity contribution in [3.8, 4) is 0 Å². The molecule has 19 heavy (non-hydrogen) atoms. The summed E-state index contributed by atoms with van der Waals surface area (Å²) in [5.74, 6) is -0.366. The number of nitrogens with two attached hydrogens (primary N) is 1. The van der Waals surface area contributed by atoms with Gasteiger partial charge in [0, 0.05) is 17.3 Å². The van der Waals surface area contributed by atoms with E-state index in [2.05, 4.69) is 5.32 Å². The average molecular weight is 279 g/mol. The zero-order valence-electron chi connectivity index (χ0n) is 10.7. The number of benzene rings is 2. The van der Waals surface area contributed by atoms with Crippen LogP contribution in [0.3, 0.4) is 0 Å². The highest BCUT2D eigenvalue weighted by Gasteiger charge is 2.10. The fourth-order valence-electron chi connectivity index (χ4n) is 1.92. The van der Waals surface area contributed by atoms with Crippen LogP contribution >= 0.6 is 11.6 Å². The number of anilines is 1. The Morgan fingerprint density at radius 2 is 1.89 bits per heavy atom. The van der Waals surface area contributed by atoms with Crippen LogP contribution in [0, 0.1) is 12.7 Å². The minimum absolute atomic E-state index is 0.0709. The fourth-order valence-corrected chi connectivity index (χ4v) is 2.14. The van der Waals surface area contributed by atoms with Crippen molar-refractivity contribution in [3.63, 3.8) is 0 Å². The molecule has 2 nitrogen and oxygen atoms in total. The lowest BCUT2D eigenvalue weighted by Crippen LogP contribution is -2.20. The van der Waals surface area contributed by atoms with Gasteiger partial charge in [-0.1, -0.05) is 41.4 Å². The molecule has 0 aliphatic heterocycles. The summed E-state index contributed by atoms with van der Waals surface area (Å²) >= 11 is 5.83.